The maximum atomic E-state index is 10.8. The topological polar surface area (TPSA) is 116 Å². The molecule has 7 nitrogen and oxygen atoms in total. The lowest BCUT2D eigenvalue weighted by molar-refractivity contribution is -0.385. The number of hydrogen-bond donors (Lipinski definition) is 2. The molecule has 1 atom stereocenters. The molecule has 0 heterocycles. The van der Waals surface area contributed by atoms with E-state index in [0.29, 0.717) is 0 Å². The maximum absolute atomic E-state index is 10.8. The number of nitrogens with two attached hydrogens (primary N) is 1. The Morgan fingerprint density at radius 3 is 2.79 bits per heavy atom. The summed E-state index contributed by atoms with van der Waals surface area (Å²) in [5.74, 6) is -0.857. The SMILES string of the molecule is CC(N)(CCOc1cccc([N+](=O)[O-])c1Br)C(=O)O. The molecule has 19 heavy (non-hydrogen) atoms. The van der Waals surface area contributed by atoms with Gasteiger partial charge in [-0.25, -0.2) is 0 Å². The van der Waals surface area contributed by atoms with Crippen LogP contribution in [0.15, 0.2) is 22.7 Å². The summed E-state index contributed by atoms with van der Waals surface area (Å²) in [6, 6.07) is 4.37. The fraction of sp³-hybridized carbons (Fsp3) is 0.364. The molecule has 3 N–H and O–H groups in total. The first-order chi connectivity index (χ1) is 8.75. The van der Waals surface area contributed by atoms with E-state index in [4.69, 9.17) is 15.6 Å². The largest absolute Gasteiger partial charge is 0.492 e. The van der Waals surface area contributed by atoms with E-state index in [2.05, 4.69) is 15.9 Å². The minimum absolute atomic E-state index is 0.0407. The predicted molar refractivity (Wildman–Crippen MR) is 71.1 cm³/mol. The Morgan fingerprint density at radius 2 is 2.26 bits per heavy atom. The Morgan fingerprint density at radius 1 is 1.63 bits per heavy atom. The number of ether oxygens (including phenoxy) is 1. The van der Waals surface area contributed by atoms with E-state index in [-0.39, 0.29) is 28.9 Å². The monoisotopic (exact) mass is 332 g/mol. The number of rotatable bonds is 6. The second-order valence-electron chi connectivity index (χ2n) is 4.17. The van der Waals surface area contributed by atoms with Crippen LogP contribution < -0.4 is 10.5 Å². The highest BCUT2D eigenvalue weighted by molar-refractivity contribution is 9.10. The quantitative estimate of drug-likeness (QED) is 0.607. The third-order valence-corrected chi connectivity index (χ3v) is 3.30. The Kier molecular flexibility index (Phi) is 4.84. The minimum Gasteiger partial charge on any atom is -0.492 e. The lowest BCUT2D eigenvalue weighted by Gasteiger charge is -2.19. The molecule has 0 aromatic heterocycles. The number of carboxylic acids is 1. The fourth-order valence-corrected chi connectivity index (χ4v) is 1.76. The molecular weight excluding hydrogens is 320 g/mol. The Labute approximate surface area is 117 Å². The highest BCUT2D eigenvalue weighted by Gasteiger charge is 2.27. The molecule has 0 aliphatic carbocycles. The van der Waals surface area contributed by atoms with Crippen molar-refractivity contribution in [1.82, 2.24) is 0 Å². The molecule has 1 rings (SSSR count). The van der Waals surface area contributed by atoms with Gasteiger partial charge in [0.2, 0.25) is 0 Å². The van der Waals surface area contributed by atoms with E-state index in [9.17, 15) is 14.9 Å². The molecule has 104 valence electrons. The van der Waals surface area contributed by atoms with Crippen molar-refractivity contribution >= 4 is 27.6 Å². The van der Waals surface area contributed by atoms with Crippen molar-refractivity contribution in [2.75, 3.05) is 6.61 Å². The summed E-state index contributed by atoms with van der Waals surface area (Å²) in [5, 5.41) is 19.5. The van der Waals surface area contributed by atoms with E-state index in [0.717, 1.165) is 0 Å². The number of aliphatic carboxylic acids is 1. The molecule has 8 heteroatoms. The molecule has 1 unspecified atom stereocenters. The van der Waals surface area contributed by atoms with Crippen LogP contribution in [-0.2, 0) is 4.79 Å². The fourth-order valence-electron chi connectivity index (χ4n) is 1.23. The summed E-state index contributed by atoms with van der Waals surface area (Å²) in [6.45, 7) is 1.42. The summed E-state index contributed by atoms with van der Waals surface area (Å²) in [5.41, 5.74) is 4.03. The van der Waals surface area contributed by atoms with Gasteiger partial charge in [0, 0.05) is 12.5 Å². The summed E-state index contributed by atoms with van der Waals surface area (Å²) >= 11 is 3.08. The van der Waals surface area contributed by atoms with Crippen molar-refractivity contribution in [2.24, 2.45) is 5.73 Å². The van der Waals surface area contributed by atoms with Crippen LogP contribution in [0.25, 0.3) is 0 Å². The van der Waals surface area contributed by atoms with E-state index < -0.39 is 16.4 Å². The molecule has 1 aromatic carbocycles. The van der Waals surface area contributed by atoms with Crippen LogP contribution in [0.5, 0.6) is 5.75 Å². The lowest BCUT2D eigenvalue weighted by atomic mass is 10.0. The summed E-state index contributed by atoms with van der Waals surface area (Å²) in [6.07, 6.45) is 0.0808. The smallest absolute Gasteiger partial charge is 0.323 e. The van der Waals surface area contributed by atoms with Gasteiger partial charge < -0.3 is 15.6 Å². The third-order valence-electron chi connectivity index (χ3n) is 2.51. The lowest BCUT2D eigenvalue weighted by Crippen LogP contribution is -2.45. The Balaban J connectivity index is 2.72. The minimum atomic E-state index is -1.40. The number of carboxylic acid groups (broad SMARTS) is 1. The Hall–Kier alpha value is -1.67. The molecule has 0 saturated carbocycles. The van der Waals surface area contributed by atoms with Gasteiger partial charge in [0.25, 0.3) is 5.69 Å². The molecule has 0 spiro atoms. The molecule has 0 bridgehead atoms. The number of carbonyl (C=O) groups is 1. The van der Waals surface area contributed by atoms with Gasteiger partial charge in [0.05, 0.1) is 11.5 Å². The number of nitro benzene ring substituents is 1. The number of nitrogens with zero attached hydrogens (tertiary/aromatic N) is 1. The third kappa shape index (κ3) is 3.90. The zero-order chi connectivity index (χ0) is 14.6. The average molecular weight is 333 g/mol. The molecular formula is C11H13BrN2O5. The molecule has 0 radical (unpaired) electrons. The summed E-state index contributed by atoms with van der Waals surface area (Å²) < 4.78 is 5.54. The van der Waals surface area contributed by atoms with Gasteiger partial charge in [-0.1, -0.05) is 6.07 Å². The highest BCUT2D eigenvalue weighted by Crippen LogP contribution is 2.33. The van der Waals surface area contributed by atoms with Crippen LogP contribution >= 0.6 is 15.9 Å². The first kappa shape index (κ1) is 15.4. The zero-order valence-electron chi connectivity index (χ0n) is 10.1. The van der Waals surface area contributed by atoms with Gasteiger partial charge in [0.15, 0.2) is 0 Å². The molecule has 0 saturated heterocycles. The summed E-state index contributed by atoms with van der Waals surface area (Å²) in [7, 11) is 0. The number of halogens is 1. The standard InChI is InChI=1S/C11H13BrN2O5/c1-11(13,10(15)16)5-6-19-8-4-2-3-7(9(8)12)14(17)18/h2-4H,5-6,13H2,1H3,(H,15,16). The van der Waals surface area contributed by atoms with Crippen molar-refractivity contribution in [3.05, 3.63) is 32.8 Å². The Bertz CT molecular complexity index is 504. The van der Waals surface area contributed by atoms with Gasteiger partial charge in [0.1, 0.15) is 15.8 Å². The van der Waals surface area contributed by atoms with Crippen LogP contribution in [0.1, 0.15) is 13.3 Å². The van der Waals surface area contributed by atoms with E-state index >= 15 is 0 Å². The number of hydrogen-bond acceptors (Lipinski definition) is 5. The van der Waals surface area contributed by atoms with Gasteiger partial charge in [-0.3, -0.25) is 14.9 Å². The average Bonchev–Trinajstić information content (AvgIpc) is 2.30. The van der Waals surface area contributed by atoms with E-state index in [1.165, 1.54) is 19.1 Å². The molecule has 1 aromatic rings. The number of benzene rings is 1. The van der Waals surface area contributed by atoms with Crippen LogP contribution in [0.2, 0.25) is 0 Å². The second-order valence-corrected chi connectivity index (χ2v) is 4.96. The van der Waals surface area contributed by atoms with Gasteiger partial charge in [-0.05, 0) is 28.9 Å². The molecule has 0 fully saturated rings. The van der Waals surface area contributed by atoms with Crippen molar-refractivity contribution in [3.8, 4) is 5.75 Å². The predicted octanol–water partition coefficient (Wildman–Crippen LogP) is 1.93. The van der Waals surface area contributed by atoms with Gasteiger partial charge in [-0.2, -0.15) is 0 Å². The number of nitro groups is 1. The van der Waals surface area contributed by atoms with Crippen LogP contribution in [0.4, 0.5) is 5.69 Å². The second kappa shape index (κ2) is 5.98. The van der Waals surface area contributed by atoms with E-state index in [1.54, 1.807) is 6.07 Å². The zero-order valence-corrected chi connectivity index (χ0v) is 11.7. The van der Waals surface area contributed by atoms with Crippen molar-refractivity contribution < 1.29 is 19.6 Å². The van der Waals surface area contributed by atoms with Crippen LogP contribution in [0, 0.1) is 10.1 Å². The first-order valence-corrected chi connectivity index (χ1v) is 6.13. The van der Waals surface area contributed by atoms with Crippen LogP contribution in [-0.4, -0.2) is 28.1 Å². The normalized spacial score (nSPS) is 13.6. The van der Waals surface area contributed by atoms with Gasteiger partial charge >= 0.3 is 5.97 Å². The molecule has 0 aliphatic heterocycles. The summed E-state index contributed by atoms with van der Waals surface area (Å²) in [4.78, 5) is 21.0. The van der Waals surface area contributed by atoms with E-state index in [1.807, 2.05) is 0 Å². The van der Waals surface area contributed by atoms with Crippen LogP contribution in [0.3, 0.4) is 0 Å². The van der Waals surface area contributed by atoms with Crippen molar-refractivity contribution in [2.45, 2.75) is 18.9 Å². The molecule has 0 aliphatic rings. The first-order valence-electron chi connectivity index (χ1n) is 5.33. The maximum Gasteiger partial charge on any atom is 0.323 e. The van der Waals surface area contributed by atoms with Crippen molar-refractivity contribution in [3.63, 3.8) is 0 Å². The highest BCUT2D eigenvalue weighted by atomic mass is 79.9. The molecule has 0 amide bonds. The van der Waals surface area contributed by atoms with Crippen molar-refractivity contribution in [1.29, 1.82) is 0 Å². The van der Waals surface area contributed by atoms with Gasteiger partial charge in [-0.15, -0.1) is 0 Å².